The molecule has 77 valence electrons. The number of para-hydroxylation sites is 1. The number of nitrogens with zero attached hydrogens (tertiary/aromatic N) is 1. The molecule has 0 atom stereocenters. The summed E-state index contributed by atoms with van der Waals surface area (Å²) in [4.78, 5) is 10.6. The van der Waals surface area contributed by atoms with E-state index in [1.54, 1.807) is 24.3 Å². The minimum Gasteiger partial charge on any atom is -0.806 e. The minimum absolute atomic E-state index is 0. The van der Waals surface area contributed by atoms with E-state index in [9.17, 15) is 4.79 Å². The summed E-state index contributed by atoms with van der Waals surface area (Å²) in [5.74, 6) is -0.517. The van der Waals surface area contributed by atoms with E-state index < -0.39 is 5.91 Å². The number of carbonyl (C=O) groups is 1. The predicted octanol–water partition coefficient (Wildman–Crippen LogP) is 2.29. The van der Waals surface area contributed by atoms with Gasteiger partial charge in [0.15, 0.2) is 0 Å². The maximum Gasteiger partial charge on any atom is 0.224 e. The van der Waals surface area contributed by atoms with Crippen molar-refractivity contribution in [3.63, 3.8) is 0 Å². The summed E-state index contributed by atoms with van der Waals surface area (Å²) in [6.45, 7) is 4.00. The van der Waals surface area contributed by atoms with E-state index in [-0.39, 0.29) is 20.4 Å². The largest absolute Gasteiger partial charge is 0.806 e. The molecule has 0 fully saturated rings. The van der Waals surface area contributed by atoms with E-state index >= 15 is 0 Å². The van der Waals surface area contributed by atoms with Crippen molar-refractivity contribution >= 4 is 17.8 Å². The number of hydrogen-bond donors (Lipinski definition) is 1. The molecule has 1 amide bonds. The van der Waals surface area contributed by atoms with Crippen LogP contribution in [0.4, 0.5) is 5.69 Å². The second kappa shape index (κ2) is 10.1. The molecule has 1 aromatic rings. The van der Waals surface area contributed by atoms with Gasteiger partial charge < -0.3 is 10.7 Å². The molecule has 0 bridgehead atoms. The third kappa shape index (κ3) is 6.53. The number of benzene rings is 1. The fourth-order valence-electron chi connectivity index (χ4n) is 0.696. The fourth-order valence-corrected chi connectivity index (χ4v) is 0.696. The maximum atomic E-state index is 10.6. The van der Waals surface area contributed by atoms with Crippen LogP contribution in [-0.4, -0.2) is 12.1 Å². The molecule has 0 spiro atoms. The van der Waals surface area contributed by atoms with Crippen LogP contribution in [0.2, 0.25) is 0 Å². The SMILES string of the molecule is CC.[N-]=CC(=O)Nc1ccccc1.[Re]. The van der Waals surface area contributed by atoms with Gasteiger partial charge in [-0.15, -0.1) is 6.21 Å². The van der Waals surface area contributed by atoms with E-state index in [2.05, 4.69) is 5.32 Å². The molecule has 0 saturated carbocycles. The first-order valence-corrected chi connectivity index (χ1v) is 4.16. The van der Waals surface area contributed by atoms with Gasteiger partial charge in [-0.2, -0.15) is 0 Å². The molecule has 0 aliphatic heterocycles. The van der Waals surface area contributed by atoms with Gasteiger partial charge in [0, 0.05) is 26.1 Å². The van der Waals surface area contributed by atoms with Gasteiger partial charge in [-0.3, -0.25) is 4.79 Å². The average Bonchev–Trinajstić information content (AvgIpc) is 2.22. The van der Waals surface area contributed by atoms with Crippen LogP contribution in [0.5, 0.6) is 0 Å². The van der Waals surface area contributed by atoms with Crippen LogP contribution >= 0.6 is 0 Å². The molecule has 0 saturated heterocycles. The molecule has 0 aromatic heterocycles. The zero-order valence-corrected chi connectivity index (χ0v) is 10.9. The van der Waals surface area contributed by atoms with Crippen molar-refractivity contribution in [2.45, 2.75) is 13.8 Å². The number of anilines is 1. The Balaban J connectivity index is 0. The Morgan fingerprint density at radius 1 is 1.29 bits per heavy atom. The third-order valence-electron chi connectivity index (χ3n) is 1.16. The molecule has 0 aliphatic rings. The number of nitrogens with one attached hydrogen (secondary N) is 1. The fraction of sp³-hybridized carbons (Fsp3) is 0.200. The second-order valence-corrected chi connectivity index (χ2v) is 1.98. The Morgan fingerprint density at radius 3 is 2.21 bits per heavy atom. The molecule has 1 radical (unpaired) electrons. The van der Waals surface area contributed by atoms with Gasteiger partial charge in [0.25, 0.3) is 0 Å². The molecule has 0 heterocycles. The summed E-state index contributed by atoms with van der Waals surface area (Å²) in [7, 11) is 0. The first-order valence-electron chi connectivity index (χ1n) is 4.16. The van der Waals surface area contributed by atoms with Gasteiger partial charge in [-0.25, -0.2) is 0 Å². The van der Waals surface area contributed by atoms with Crippen molar-refractivity contribution in [3.05, 3.63) is 35.7 Å². The molecule has 0 aliphatic carbocycles. The average molecular weight is 363 g/mol. The van der Waals surface area contributed by atoms with Crippen LogP contribution in [0, 0.1) is 0 Å². The van der Waals surface area contributed by atoms with Crippen molar-refractivity contribution in [2.24, 2.45) is 0 Å². The van der Waals surface area contributed by atoms with Crippen LogP contribution in [0.1, 0.15) is 13.8 Å². The van der Waals surface area contributed by atoms with Gasteiger partial charge in [-0.05, 0) is 12.1 Å². The minimum atomic E-state index is -0.517. The maximum absolute atomic E-state index is 10.6. The van der Waals surface area contributed by atoms with Crippen molar-refractivity contribution in [1.29, 1.82) is 0 Å². The molecule has 4 heteroatoms. The summed E-state index contributed by atoms with van der Waals surface area (Å²) in [6.07, 6.45) is 0.493. The summed E-state index contributed by atoms with van der Waals surface area (Å²) >= 11 is 0. The van der Waals surface area contributed by atoms with Gasteiger partial charge in [0.2, 0.25) is 5.91 Å². The van der Waals surface area contributed by atoms with Crippen LogP contribution in [0.25, 0.3) is 5.41 Å². The van der Waals surface area contributed by atoms with E-state index in [0.29, 0.717) is 11.9 Å². The number of hydrogen-bond acceptors (Lipinski definition) is 1. The Kier molecular flexibility index (Phi) is 11.2. The third-order valence-corrected chi connectivity index (χ3v) is 1.16. The predicted molar refractivity (Wildman–Crippen MR) is 55.8 cm³/mol. The van der Waals surface area contributed by atoms with Gasteiger partial charge in [0.05, 0.1) is 0 Å². The van der Waals surface area contributed by atoms with E-state index in [1.807, 2.05) is 19.9 Å². The Morgan fingerprint density at radius 2 is 1.79 bits per heavy atom. The summed E-state index contributed by atoms with van der Waals surface area (Å²) < 4.78 is 0. The zero-order valence-electron chi connectivity index (χ0n) is 8.20. The smallest absolute Gasteiger partial charge is 0.224 e. The summed E-state index contributed by atoms with van der Waals surface area (Å²) in [5, 5.41) is 10.7. The molecular weight excluding hydrogens is 350 g/mol. The van der Waals surface area contributed by atoms with E-state index in [1.165, 1.54) is 0 Å². The Bertz CT molecular complexity index is 262. The van der Waals surface area contributed by atoms with Crippen molar-refractivity contribution in [1.82, 2.24) is 0 Å². The molecule has 3 nitrogen and oxygen atoms in total. The molecule has 1 rings (SSSR count). The van der Waals surface area contributed by atoms with Crippen LogP contribution in [0.15, 0.2) is 30.3 Å². The standard InChI is InChI=1S/C8H7N2O.C2H6.Re/c9-6-8(11)10-7-4-2-1-3-5-7;1-2;/h1-6H,(H,10,11);1-2H3;/q-1;;. The van der Waals surface area contributed by atoms with Crippen molar-refractivity contribution in [2.75, 3.05) is 5.32 Å². The number of carbonyl (C=O) groups excluding carboxylic acids is 1. The van der Waals surface area contributed by atoms with E-state index in [4.69, 9.17) is 5.41 Å². The normalized spacial score (nSPS) is 7.29. The molecule has 0 unspecified atom stereocenters. The van der Waals surface area contributed by atoms with Gasteiger partial charge >= 0.3 is 0 Å². The monoisotopic (exact) mass is 364 g/mol. The van der Waals surface area contributed by atoms with Crippen LogP contribution < -0.4 is 5.32 Å². The molecule has 1 N–H and O–H groups in total. The van der Waals surface area contributed by atoms with Crippen LogP contribution in [-0.2, 0) is 25.2 Å². The quantitative estimate of drug-likeness (QED) is 0.806. The molecule has 1 aromatic carbocycles. The van der Waals surface area contributed by atoms with Gasteiger partial charge in [0.1, 0.15) is 0 Å². The Hall–Kier alpha value is -0.978. The Labute approximate surface area is 98.1 Å². The molecule has 14 heavy (non-hydrogen) atoms. The van der Waals surface area contributed by atoms with Crippen molar-refractivity contribution in [3.8, 4) is 0 Å². The number of amides is 1. The topological polar surface area (TPSA) is 51.4 Å². The van der Waals surface area contributed by atoms with Crippen molar-refractivity contribution < 1.29 is 25.2 Å². The van der Waals surface area contributed by atoms with Gasteiger partial charge in [-0.1, -0.05) is 32.0 Å². The summed E-state index contributed by atoms with van der Waals surface area (Å²) in [5.41, 5.74) is 0.669. The number of rotatable bonds is 2. The van der Waals surface area contributed by atoms with E-state index in [0.717, 1.165) is 0 Å². The summed E-state index contributed by atoms with van der Waals surface area (Å²) in [6, 6.07) is 8.92. The molecular formula is C10H13N2ORe-. The first-order chi connectivity index (χ1) is 6.33. The van der Waals surface area contributed by atoms with Crippen LogP contribution in [0.3, 0.4) is 0 Å². The zero-order chi connectivity index (χ0) is 10.1. The first kappa shape index (κ1) is 15.5. The second-order valence-electron chi connectivity index (χ2n) is 1.98.